The van der Waals surface area contributed by atoms with Crippen LogP contribution in [0.4, 0.5) is 0 Å². The van der Waals surface area contributed by atoms with E-state index in [0.717, 1.165) is 24.8 Å². The van der Waals surface area contributed by atoms with E-state index in [1.165, 1.54) is 10.8 Å². The van der Waals surface area contributed by atoms with E-state index < -0.39 is 11.2 Å². The van der Waals surface area contributed by atoms with Gasteiger partial charge in [0.15, 0.2) is 0 Å². The Morgan fingerprint density at radius 3 is 2.76 bits per heavy atom. The number of carbonyl (C=O) groups is 1. The first-order valence-corrected chi connectivity index (χ1v) is 11.1. The summed E-state index contributed by atoms with van der Waals surface area (Å²) in [7, 11) is 0. The van der Waals surface area contributed by atoms with Crippen LogP contribution in [0.1, 0.15) is 53.9 Å². The molecule has 176 valence electrons. The number of aromatic nitrogens is 2. The minimum Gasteiger partial charge on any atom is -0.367 e. The maximum Gasteiger partial charge on any atom is 0.330 e. The van der Waals surface area contributed by atoms with Crippen molar-refractivity contribution in [2.75, 3.05) is 19.8 Å². The average Bonchev–Trinajstić information content (AvgIpc) is 3.31. The van der Waals surface area contributed by atoms with Crippen molar-refractivity contribution in [1.29, 1.82) is 0 Å². The molecule has 0 saturated carbocycles. The minimum atomic E-state index is -0.473. The summed E-state index contributed by atoms with van der Waals surface area (Å²) in [5.74, 6) is 5.55. The molecule has 1 aromatic heterocycles. The van der Waals surface area contributed by atoms with Crippen LogP contribution >= 0.6 is 0 Å². The Hall–Kier alpha value is -3.19. The molecule has 3 rings (SSSR count). The Bertz CT molecular complexity index is 1110. The van der Waals surface area contributed by atoms with E-state index in [-0.39, 0.29) is 31.3 Å². The molecule has 4 N–H and O–H groups in total. The summed E-state index contributed by atoms with van der Waals surface area (Å²) in [5, 5.41) is 2.77. The molecule has 0 bridgehead atoms. The zero-order valence-electron chi connectivity index (χ0n) is 18.8. The number of benzene rings is 1. The molecular weight excluding hydrogens is 424 g/mol. The van der Waals surface area contributed by atoms with Crippen molar-refractivity contribution in [2.45, 2.75) is 51.5 Å². The molecule has 1 aliphatic rings. The molecule has 1 aromatic carbocycles. The lowest BCUT2D eigenvalue weighted by atomic mass is 10.1. The molecule has 1 aliphatic heterocycles. The van der Waals surface area contributed by atoms with Gasteiger partial charge in [-0.3, -0.25) is 19.1 Å². The Morgan fingerprint density at radius 1 is 1.27 bits per heavy atom. The van der Waals surface area contributed by atoms with Crippen molar-refractivity contribution in [3.8, 4) is 11.8 Å². The zero-order chi connectivity index (χ0) is 23.6. The first-order valence-electron chi connectivity index (χ1n) is 11.1. The lowest BCUT2D eigenvalue weighted by Gasteiger charge is -2.15. The highest BCUT2D eigenvalue weighted by Crippen LogP contribution is 2.28. The van der Waals surface area contributed by atoms with Crippen LogP contribution in [-0.2, 0) is 22.4 Å². The van der Waals surface area contributed by atoms with E-state index >= 15 is 0 Å². The molecule has 0 unspecified atom stereocenters. The van der Waals surface area contributed by atoms with Crippen LogP contribution in [0.2, 0.25) is 0 Å². The Balaban J connectivity index is 1.41. The molecule has 2 atom stereocenters. The fourth-order valence-corrected chi connectivity index (χ4v) is 3.52. The van der Waals surface area contributed by atoms with Crippen molar-refractivity contribution in [2.24, 2.45) is 5.73 Å². The highest BCUT2D eigenvalue weighted by Gasteiger charge is 2.26. The van der Waals surface area contributed by atoms with Crippen molar-refractivity contribution >= 4 is 5.91 Å². The normalized spacial score (nSPS) is 17.4. The summed E-state index contributed by atoms with van der Waals surface area (Å²) in [6, 6.07) is 7.10. The van der Waals surface area contributed by atoms with Gasteiger partial charge in [0.25, 0.3) is 11.5 Å². The molecule has 0 spiro atoms. The largest absolute Gasteiger partial charge is 0.367 e. The Morgan fingerprint density at radius 2 is 2.06 bits per heavy atom. The molecule has 2 aromatic rings. The van der Waals surface area contributed by atoms with Crippen LogP contribution in [0.3, 0.4) is 0 Å². The number of nitrogens with one attached hydrogen (secondary N) is 2. The van der Waals surface area contributed by atoms with Gasteiger partial charge in [-0.25, -0.2) is 4.79 Å². The number of hydrogen-bond donors (Lipinski definition) is 3. The third kappa shape index (κ3) is 6.89. The number of rotatable bonds is 9. The predicted octanol–water partition coefficient (Wildman–Crippen LogP) is 1.08. The summed E-state index contributed by atoms with van der Waals surface area (Å²) in [4.78, 5) is 38.7. The van der Waals surface area contributed by atoms with Crippen LogP contribution in [0.25, 0.3) is 0 Å². The van der Waals surface area contributed by atoms with Crippen LogP contribution in [0, 0.1) is 11.8 Å². The van der Waals surface area contributed by atoms with E-state index in [0.29, 0.717) is 30.8 Å². The van der Waals surface area contributed by atoms with Crippen LogP contribution in [0.5, 0.6) is 0 Å². The maximum atomic E-state index is 12.2. The molecule has 0 aliphatic carbocycles. The lowest BCUT2D eigenvalue weighted by Crippen LogP contribution is -2.34. The fourth-order valence-electron chi connectivity index (χ4n) is 3.52. The maximum absolute atomic E-state index is 12.2. The van der Waals surface area contributed by atoms with E-state index in [9.17, 15) is 14.4 Å². The number of H-pyrrole nitrogens is 1. The molecule has 2 heterocycles. The summed E-state index contributed by atoms with van der Waals surface area (Å²) >= 11 is 0. The molecule has 9 nitrogen and oxygen atoms in total. The lowest BCUT2D eigenvalue weighted by molar-refractivity contribution is -0.00213. The number of aromatic amines is 1. The van der Waals surface area contributed by atoms with Crippen LogP contribution in [0.15, 0.2) is 40.1 Å². The molecule has 1 amide bonds. The van der Waals surface area contributed by atoms with Crippen molar-refractivity contribution in [3.63, 3.8) is 0 Å². The van der Waals surface area contributed by atoms with Gasteiger partial charge in [0.05, 0.1) is 12.7 Å². The summed E-state index contributed by atoms with van der Waals surface area (Å²) in [5.41, 5.74) is 6.56. The van der Waals surface area contributed by atoms with Crippen molar-refractivity contribution in [3.05, 3.63) is 68.0 Å². The van der Waals surface area contributed by atoms with E-state index in [1.807, 2.05) is 19.1 Å². The first-order chi connectivity index (χ1) is 16.0. The SMILES string of the molecule is CC[C@@H]1CC[C@H](n2cc(CC#CCOCCNC(=O)c3ccc(CN)cc3)c(=O)[nH]c2=O)O1. The molecule has 1 fully saturated rings. The monoisotopic (exact) mass is 454 g/mol. The number of amides is 1. The summed E-state index contributed by atoms with van der Waals surface area (Å²) < 4.78 is 12.7. The number of nitrogens with two attached hydrogens (primary N) is 1. The third-order valence-corrected chi connectivity index (χ3v) is 5.45. The summed E-state index contributed by atoms with van der Waals surface area (Å²) in [6.07, 6.45) is 4.02. The number of hydrogen-bond acceptors (Lipinski definition) is 6. The van der Waals surface area contributed by atoms with Crippen molar-refractivity contribution < 1.29 is 14.3 Å². The van der Waals surface area contributed by atoms with E-state index in [4.69, 9.17) is 15.2 Å². The molecule has 0 radical (unpaired) electrons. The second-order valence-electron chi connectivity index (χ2n) is 7.76. The van der Waals surface area contributed by atoms with Crippen LogP contribution < -0.4 is 22.3 Å². The fraction of sp³-hybridized carbons (Fsp3) is 0.458. The quantitative estimate of drug-likeness (QED) is 0.384. The number of ether oxygens (including phenoxy) is 2. The smallest absolute Gasteiger partial charge is 0.330 e. The molecular formula is C24H30N4O5. The van der Waals surface area contributed by atoms with Gasteiger partial charge in [0.1, 0.15) is 12.8 Å². The standard InChI is InChI=1S/C24H30N4O5/c1-2-20-10-11-21(33-20)28-16-19(23(30)27-24(28)31)5-3-4-13-32-14-12-26-22(29)18-8-6-17(15-25)7-9-18/h6-9,16,20-21H,2,5,10-15,25H2,1H3,(H,26,29)(H,27,30,31)/t20-,21-/m1/s1. The van der Waals surface area contributed by atoms with Gasteiger partial charge in [-0.2, -0.15) is 0 Å². The highest BCUT2D eigenvalue weighted by molar-refractivity contribution is 5.94. The minimum absolute atomic E-state index is 0.135. The highest BCUT2D eigenvalue weighted by atomic mass is 16.5. The number of carbonyl (C=O) groups excluding carboxylic acids is 1. The second kappa shape index (κ2) is 12.2. The van der Waals surface area contributed by atoms with Gasteiger partial charge in [-0.05, 0) is 37.0 Å². The van der Waals surface area contributed by atoms with Gasteiger partial charge in [-0.1, -0.05) is 30.9 Å². The van der Waals surface area contributed by atoms with E-state index in [2.05, 4.69) is 22.1 Å². The summed E-state index contributed by atoms with van der Waals surface area (Å²) in [6.45, 7) is 3.31. The van der Waals surface area contributed by atoms with Gasteiger partial charge in [-0.15, -0.1) is 0 Å². The van der Waals surface area contributed by atoms with Crippen LogP contribution in [-0.4, -0.2) is 41.3 Å². The first kappa shape index (κ1) is 24.5. The zero-order valence-corrected chi connectivity index (χ0v) is 18.8. The molecule has 1 saturated heterocycles. The molecule has 9 heteroatoms. The Labute approximate surface area is 192 Å². The van der Waals surface area contributed by atoms with Gasteiger partial charge in [0, 0.05) is 36.8 Å². The van der Waals surface area contributed by atoms with E-state index in [1.54, 1.807) is 12.1 Å². The topological polar surface area (TPSA) is 128 Å². The molecule has 33 heavy (non-hydrogen) atoms. The third-order valence-electron chi connectivity index (χ3n) is 5.45. The second-order valence-corrected chi connectivity index (χ2v) is 7.76. The van der Waals surface area contributed by atoms with Gasteiger partial charge >= 0.3 is 5.69 Å². The van der Waals surface area contributed by atoms with Gasteiger partial charge < -0.3 is 20.5 Å². The van der Waals surface area contributed by atoms with Gasteiger partial charge in [0.2, 0.25) is 0 Å². The number of nitrogens with zero attached hydrogens (tertiary/aromatic N) is 1. The Kier molecular flexibility index (Phi) is 9.01. The average molecular weight is 455 g/mol. The predicted molar refractivity (Wildman–Crippen MR) is 124 cm³/mol. The van der Waals surface area contributed by atoms with Crippen molar-refractivity contribution in [1.82, 2.24) is 14.9 Å².